The molecule has 4 rings (SSSR count). The summed E-state index contributed by atoms with van der Waals surface area (Å²) in [6, 6.07) is 17.9. The summed E-state index contributed by atoms with van der Waals surface area (Å²) >= 11 is 0. The molecule has 0 aliphatic rings. The van der Waals surface area contributed by atoms with Crippen LogP contribution in [0.2, 0.25) is 0 Å². The fraction of sp³-hybridized carbons (Fsp3) is 0.0833. The molecule has 31 heavy (non-hydrogen) atoms. The van der Waals surface area contributed by atoms with Crippen molar-refractivity contribution in [3.8, 4) is 28.7 Å². The molecule has 0 atom stereocenters. The Bertz CT molecular complexity index is 1290. The number of ether oxygens (including phenoxy) is 4. The molecule has 1 aromatic heterocycles. The molecule has 7 nitrogen and oxygen atoms in total. The minimum Gasteiger partial charge on any atom is -0.497 e. The smallest absolute Gasteiger partial charge is 0.343 e. The van der Waals surface area contributed by atoms with Gasteiger partial charge >= 0.3 is 5.97 Å². The van der Waals surface area contributed by atoms with Crippen LogP contribution >= 0.6 is 0 Å². The molecular weight excluding hydrogens is 400 g/mol. The van der Waals surface area contributed by atoms with Gasteiger partial charge in [-0.2, -0.15) is 0 Å². The molecule has 0 N–H and O–H groups in total. The zero-order valence-electron chi connectivity index (χ0n) is 16.8. The number of rotatable bonds is 6. The molecular formula is C24H18O7. The highest BCUT2D eigenvalue weighted by Crippen LogP contribution is 2.26. The largest absolute Gasteiger partial charge is 0.497 e. The Morgan fingerprint density at radius 3 is 2.26 bits per heavy atom. The van der Waals surface area contributed by atoms with Crippen LogP contribution in [0, 0.1) is 0 Å². The van der Waals surface area contributed by atoms with E-state index in [0.717, 1.165) is 0 Å². The first-order valence-electron chi connectivity index (χ1n) is 9.31. The molecule has 0 aliphatic carbocycles. The Labute approximate surface area is 177 Å². The van der Waals surface area contributed by atoms with Gasteiger partial charge in [-0.1, -0.05) is 6.07 Å². The van der Waals surface area contributed by atoms with Gasteiger partial charge < -0.3 is 23.4 Å². The van der Waals surface area contributed by atoms with E-state index in [1.54, 1.807) is 62.8 Å². The van der Waals surface area contributed by atoms with Crippen LogP contribution in [-0.2, 0) is 0 Å². The van der Waals surface area contributed by atoms with Crippen molar-refractivity contribution in [1.82, 2.24) is 0 Å². The van der Waals surface area contributed by atoms with Gasteiger partial charge in [-0.25, -0.2) is 4.79 Å². The number of hydrogen-bond acceptors (Lipinski definition) is 7. The highest BCUT2D eigenvalue weighted by Gasteiger charge is 2.13. The van der Waals surface area contributed by atoms with Crippen LogP contribution in [0.25, 0.3) is 11.0 Å². The Balaban J connectivity index is 1.56. The number of carbonyl (C=O) groups excluding carboxylic acids is 1. The number of fused-ring (bicyclic) bond motifs is 1. The van der Waals surface area contributed by atoms with Crippen LogP contribution in [-0.4, -0.2) is 20.2 Å². The molecule has 0 amide bonds. The highest BCUT2D eigenvalue weighted by molar-refractivity contribution is 5.91. The van der Waals surface area contributed by atoms with Gasteiger partial charge in [0.15, 0.2) is 0 Å². The molecule has 0 saturated heterocycles. The lowest BCUT2D eigenvalue weighted by molar-refractivity contribution is 0.0735. The molecule has 0 aliphatic heterocycles. The zero-order valence-corrected chi connectivity index (χ0v) is 16.8. The van der Waals surface area contributed by atoms with E-state index in [2.05, 4.69) is 0 Å². The molecule has 0 radical (unpaired) electrons. The first-order chi connectivity index (χ1) is 15.1. The Morgan fingerprint density at radius 2 is 1.52 bits per heavy atom. The van der Waals surface area contributed by atoms with Crippen LogP contribution in [0.3, 0.4) is 0 Å². The van der Waals surface area contributed by atoms with E-state index in [0.29, 0.717) is 28.2 Å². The lowest BCUT2D eigenvalue weighted by Gasteiger charge is -2.08. The van der Waals surface area contributed by atoms with Gasteiger partial charge in [0.1, 0.15) is 34.8 Å². The summed E-state index contributed by atoms with van der Waals surface area (Å²) in [4.78, 5) is 25.1. The van der Waals surface area contributed by atoms with Crippen molar-refractivity contribution in [1.29, 1.82) is 0 Å². The van der Waals surface area contributed by atoms with Crippen LogP contribution in [0.4, 0.5) is 0 Å². The van der Waals surface area contributed by atoms with Gasteiger partial charge in [-0.3, -0.25) is 4.79 Å². The average Bonchev–Trinajstić information content (AvgIpc) is 2.81. The summed E-state index contributed by atoms with van der Waals surface area (Å²) in [6.07, 6.45) is 1.22. The van der Waals surface area contributed by atoms with Crippen molar-refractivity contribution in [2.75, 3.05) is 14.2 Å². The van der Waals surface area contributed by atoms with Crippen LogP contribution < -0.4 is 24.4 Å². The average molecular weight is 418 g/mol. The molecule has 7 heteroatoms. The first-order valence-corrected chi connectivity index (χ1v) is 9.31. The van der Waals surface area contributed by atoms with Gasteiger partial charge in [0.25, 0.3) is 0 Å². The molecule has 3 aromatic carbocycles. The van der Waals surface area contributed by atoms with Crippen LogP contribution in [0.5, 0.6) is 28.7 Å². The second-order valence-corrected chi connectivity index (χ2v) is 6.49. The number of benzene rings is 3. The van der Waals surface area contributed by atoms with Crippen LogP contribution in [0.15, 0.2) is 82.2 Å². The highest BCUT2D eigenvalue weighted by atomic mass is 16.5. The van der Waals surface area contributed by atoms with E-state index in [9.17, 15) is 9.59 Å². The van der Waals surface area contributed by atoms with Crippen molar-refractivity contribution in [2.24, 2.45) is 0 Å². The van der Waals surface area contributed by atoms with Gasteiger partial charge in [0.2, 0.25) is 11.2 Å². The van der Waals surface area contributed by atoms with E-state index in [4.69, 9.17) is 23.4 Å². The maximum absolute atomic E-state index is 12.8. The van der Waals surface area contributed by atoms with E-state index in [1.807, 2.05) is 0 Å². The number of methoxy groups -OCH3 is 2. The zero-order chi connectivity index (χ0) is 21.8. The number of carbonyl (C=O) groups is 1. The number of esters is 1. The Hall–Kier alpha value is -4.26. The summed E-state index contributed by atoms with van der Waals surface area (Å²) in [5, 5.41) is 0.296. The fourth-order valence-electron chi connectivity index (χ4n) is 2.91. The third-order valence-corrected chi connectivity index (χ3v) is 4.52. The van der Waals surface area contributed by atoms with Crippen molar-refractivity contribution in [2.45, 2.75) is 0 Å². The van der Waals surface area contributed by atoms with E-state index >= 15 is 0 Å². The summed E-state index contributed by atoms with van der Waals surface area (Å²) in [7, 11) is 3.09. The lowest BCUT2D eigenvalue weighted by Crippen LogP contribution is -2.09. The van der Waals surface area contributed by atoms with Gasteiger partial charge in [0.05, 0.1) is 25.2 Å². The second kappa shape index (κ2) is 8.62. The quantitative estimate of drug-likeness (QED) is 0.328. The van der Waals surface area contributed by atoms with Crippen molar-refractivity contribution >= 4 is 16.9 Å². The maximum Gasteiger partial charge on any atom is 0.343 e. The molecule has 1 heterocycles. The van der Waals surface area contributed by atoms with Crippen molar-refractivity contribution in [3.63, 3.8) is 0 Å². The Kier molecular flexibility index (Phi) is 5.57. The minimum atomic E-state index is -0.540. The standard InChI is InChI=1S/C24H18O7/c1-27-16-8-6-15(7-9-16)24(26)31-19-10-11-20-21(13-19)29-14-22(23(20)25)30-18-5-3-4-17(12-18)28-2/h3-14H,1-2H3. The van der Waals surface area contributed by atoms with Crippen molar-refractivity contribution in [3.05, 3.63) is 88.8 Å². The van der Waals surface area contributed by atoms with E-state index in [-0.39, 0.29) is 22.5 Å². The second-order valence-electron chi connectivity index (χ2n) is 6.49. The molecule has 0 saturated carbocycles. The third kappa shape index (κ3) is 4.35. The fourth-order valence-corrected chi connectivity index (χ4v) is 2.91. The summed E-state index contributed by atoms with van der Waals surface area (Å²) < 4.78 is 26.8. The Morgan fingerprint density at radius 1 is 0.806 bits per heavy atom. The molecule has 4 aromatic rings. The molecule has 0 fully saturated rings. The molecule has 0 unspecified atom stereocenters. The number of hydrogen-bond donors (Lipinski definition) is 0. The van der Waals surface area contributed by atoms with Gasteiger partial charge in [-0.15, -0.1) is 0 Å². The summed E-state index contributed by atoms with van der Waals surface area (Å²) in [5.41, 5.74) is 0.282. The van der Waals surface area contributed by atoms with Crippen LogP contribution in [0.1, 0.15) is 10.4 Å². The normalized spacial score (nSPS) is 10.5. The first kappa shape index (κ1) is 20.0. The predicted octanol–water partition coefficient (Wildman–Crippen LogP) is 4.82. The lowest BCUT2D eigenvalue weighted by atomic mass is 10.2. The monoisotopic (exact) mass is 418 g/mol. The molecule has 156 valence electrons. The maximum atomic E-state index is 12.8. The molecule has 0 spiro atoms. The van der Waals surface area contributed by atoms with E-state index < -0.39 is 5.97 Å². The van der Waals surface area contributed by atoms with Gasteiger partial charge in [-0.05, 0) is 48.5 Å². The van der Waals surface area contributed by atoms with Crippen molar-refractivity contribution < 1.29 is 28.2 Å². The summed E-state index contributed by atoms with van der Waals surface area (Å²) in [6.45, 7) is 0. The minimum absolute atomic E-state index is 0.0312. The van der Waals surface area contributed by atoms with Gasteiger partial charge in [0, 0.05) is 12.1 Å². The third-order valence-electron chi connectivity index (χ3n) is 4.52. The topological polar surface area (TPSA) is 84.2 Å². The SMILES string of the molecule is COc1ccc(C(=O)Oc2ccc3c(=O)c(Oc4cccc(OC)c4)coc3c2)cc1. The van der Waals surface area contributed by atoms with E-state index in [1.165, 1.54) is 24.5 Å². The summed E-state index contributed by atoms with van der Waals surface area (Å²) in [5.74, 6) is 1.42. The predicted molar refractivity (Wildman–Crippen MR) is 114 cm³/mol. The molecule has 0 bridgehead atoms.